The molecule has 4 nitrogen and oxygen atoms in total. The fourth-order valence-electron chi connectivity index (χ4n) is 3.40. The zero-order valence-electron chi connectivity index (χ0n) is 14.4. The van der Waals surface area contributed by atoms with Crippen LogP contribution < -0.4 is 5.32 Å². The van der Waals surface area contributed by atoms with Crippen LogP contribution >= 0.6 is 0 Å². The first-order valence-corrected chi connectivity index (χ1v) is 8.45. The largest absolute Gasteiger partial charge is 0.478 e. The molecule has 0 unspecified atom stereocenters. The molecule has 0 spiro atoms. The summed E-state index contributed by atoms with van der Waals surface area (Å²) in [6.07, 6.45) is 3.85. The Morgan fingerprint density at radius 3 is 2.26 bits per heavy atom. The molecule has 1 aliphatic rings. The highest BCUT2D eigenvalue weighted by Crippen LogP contribution is 2.41. The lowest BCUT2D eigenvalue weighted by Gasteiger charge is -2.41. The van der Waals surface area contributed by atoms with Crippen molar-refractivity contribution in [2.45, 2.75) is 58.6 Å². The van der Waals surface area contributed by atoms with Crippen LogP contribution in [0.4, 0.5) is 0 Å². The van der Waals surface area contributed by atoms with E-state index in [9.17, 15) is 9.90 Å². The van der Waals surface area contributed by atoms with Crippen LogP contribution in [0.5, 0.6) is 0 Å². The fraction of sp³-hybridized carbons (Fsp3) is 0.632. The molecule has 128 valence electrons. The molecule has 1 aromatic rings. The van der Waals surface area contributed by atoms with Crippen LogP contribution in [0.1, 0.15) is 62.4 Å². The lowest BCUT2D eigenvalue weighted by Crippen LogP contribution is -2.44. The number of nitrogens with one attached hydrogen (secondary N) is 1. The Hall–Kier alpha value is -1.39. The summed E-state index contributed by atoms with van der Waals surface area (Å²) in [5.41, 5.74) is 1.04. The fourth-order valence-corrected chi connectivity index (χ4v) is 3.40. The predicted molar refractivity (Wildman–Crippen MR) is 91.5 cm³/mol. The lowest BCUT2D eigenvalue weighted by atomic mass is 9.68. The molecule has 4 heteroatoms. The highest BCUT2D eigenvalue weighted by atomic mass is 16.4. The number of rotatable bonds is 5. The molecule has 0 atom stereocenters. The molecule has 3 N–H and O–H groups in total. The number of carboxylic acids is 1. The summed E-state index contributed by atoms with van der Waals surface area (Å²) >= 11 is 0. The lowest BCUT2D eigenvalue weighted by molar-refractivity contribution is -0.0239. The van der Waals surface area contributed by atoms with E-state index in [1.54, 1.807) is 12.1 Å². The molecule has 1 aromatic carbocycles. The van der Waals surface area contributed by atoms with E-state index in [0.29, 0.717) is 30.0 Å². The van der Waals surface area contributed by atoms with Gasteiger partial charge >= 0.3 is 5.97 Å². The molecule has 2 rings (SSSR count). The quantitative estimate of drug-likeness (QED) is 0.777. The summed E-state index contributed by atoms with van der Waals surface area (Å²) in [7, 11) is 0. The van der Waals surface area contributed by atoms with E-state index in [1.165, 1.54) is 0 Å². The molecule has 1 aliphatic carbocycles. The van der Waals surface area contributed by atoms with Crippen LogP contribution in [-0.4, -0.2) is 28.3 Å². The Morgan fingerprint density at radius 2 is 1.78 bits per heavy atom. The normalized spacial score (nSPS) is 25.3. The van der Waals surface area contributed by atoms with Gasteiger partial charge in [-0.2, -0.15) is 0 Å². The maximum absolute atomic E-state index is 10.8. The van der Waals surface area contributed by atoms with Gasteiger partial charge < -0.3 is 15.5 Å². The van der Waals surface area contributed by atoms with Crippen molar-refractivity contribution in [3.05, 3.63) is 35.4 Å². The van der Waals surface area contributed by atoms with Crippen LogP contribution in [0.25, 0.3) is 0 Å². The first-order valence-electron chi connectivity index (χ1n) is 8.45. The van der Waals surface area contributed by atoms with E-state index < -0.39 is 11.6 Å². The van der Waals surface area contributed by atoms with Gasteiger partial charge in [0.2, 0.25) is 0 Å². The van der Waals surface area contributed by atoms with Gasteiger partial charge in [-0.15, -0.1) is 0 Å². The van der Waals surface area contributed by atoms with Crippen molar-refractivity contribution in [1.29, 1.82) is 0 Å². The molecule has 0 radical (unpaired) electrons. The number of hydrogen-bond donors (Lipinski definition) is 3. The Bertz CT molecular complexity index is 523. The van der Waals surface area contributed by atoms with Gasteiger partial charge in [0, 0.05) is 13.1 Å². The number of aliphatic hydroxyl groups is 1. The minimum Gasteiger partial charge on any atom is -0.478 e. The SMILES string of the molecule is CC(C)(C)C1CCC(O)(CNCc2ccc(C(=O)O)cc2)CC1. The molecular formula is C19H29NO3. The third-order valence-electron chi connectivity index (χ3n) is 5.13. The molecule has 1 saturated carbocycles. The zero-order chi connectivity index (χ0) is 17.1. The second-order valence-corrected chi connectivity index (χ2v) is 7.97. The number of carbonyl (C=O) groups is 1. The average molecular weight is 319 g/mol. The Labute approximate surface area is 138 Å². The summed E-state index contributed by atoms with van der Waals surface area (Å²) in [5.74, 6) is -0.222. The van der Waals surface area contributed by atoms with Crippen molar-refractivity contribution in [2.75, 3.05) is 6.54 Å². The Morgan fingerprint density at radius 1 is 1.22 bits per heavy atom. The van der Waals surface area contributed by atoms with E-state index >= 15 is 0 Å². The van der Waals surface area contributed by atoms with Gasteiger partial charge in [0.05, 0.1) is 11.2 Å². The first kappa shape index (κ1) is 18.0. The van der Waals surface area contributed by atoms with Crippen molar-refractivity contribution < 1.29 is 15.0 Å². The molecule has 23 heavy (non-hydrogen) atoms. The first-order chi connectivity index (χ1) is 10.7. The van der Waals surface area contributed by atoms with E-state index in [0.717, 1.165) is 31.2 Å². The Balaban J connectivity index is 1.79. The van der Waals surface area contributed by atoms with Crippen molar-refractivity contribution >= 4 is 5.97 Å². The number of benzene rings is 1. The van der Waals surface area contributed by atoms with Gasteiger partial charge in [0.1, 0.15) is 0 Å². The maximum Gasteiger partial charge on any atom is 0.335 e. The summed E-state index contributed by atoms with van der Waals surface area (Å²) in [6.45, 7) is 8.07. The standard InChI is InChI=1S/C19H29NO3/c1-18(2,3)16-8-10-19(23,11-9-16)13-20-12-14-4-6-15(7-5-14)17(21)22/h4-7,16,20,23H,8-13H2,1-3H3,(H,21,22). The van der Waals surface area contributed by atoms with Crippen molar-refractivity contribution in [3.63, 3.8) is 0 Å². The topological polar surface area (TPSA) is 69.6 Å². The predicted octanol–water partition coefficient (Wildman–Crippen LogP) is 3.44. The molecule has 0 saturated heterocycles. The molecule has 0 bridgehead atoms. The zero-order valence-corrected chi connectivity index (χ0v) is 14.4. The molecule has 1 fully saturated rings. The summed E-state index contributed by atoms with van der Waals surface area (Å²) in [6, 6.07) is 6.86. The van der Waals surface area contributed by atoms with Crippen molar-refractivity contribution in [3.8, 4) is 0 Å². The van der Waals surface area contributed by atoms with Crippen LogP contribution in [0.15, 0.2) is 24.3 Å². The molecule has 0 heterocycles. The summed E-state index contributed by atoms with van der Waals surface area (Å²) < 4.78 is 0. The molecule has 0 aromatic heterocycles. The van der Waals surface area contributed by atoms with Gasteiger partial charge in [-0.3, -0.25) is 0 Å². The number of hydrogen-bond acceptors (Lipinski definition) is 3. The van der Waals surface area contributed by atoms with Gasteiger partial charge in [0.15, 0.2) is 0 Å². The third kappa shape index (κ3) is 5.05. The summed E-state index contributed by atoms with van der Waals surface area (Å²) in [5, 5.41) is 22.9. The minimum absolute atomic E-state index is 0.299. The van der Waals surface area contributed by atoms with Crippen molar-refractivity contribution in [1.82, 2.24) is 5.32 Å². The smallest absolute Gasteiger partial charge is 0.335 e. The summed E-state index contributed by atoms with van der Waals surface area (Å²) in [4.78, 5) is 10.8. The van der Waals surface area contributed by atoms with E-state index in [2.05, 4.69) is 26.1 Å². The van der Waals surface area contributed by atoms with E-state index in [4.69, 9.17) is 5.11 Å². The monoisotopic (exact) mass is 319 g/mol. The van der Waals surface area contributed by atoms with Crippen LogP contribution in [0.2, 0.25) is 0 Å². The maximum atomic E-state index is 10.8. The van der Waals surface area contributed by atoms with Gasteiger partial charge in [-0.1, -0.05) is 32.9 Å². The van der Waals surface area contributed by atoms with Gasteiger partial charge in [-0.05, 0) is 54.7 Å². The van der Waals surface area contributed by atoms with Crippen molar-refractivity contribution in [2.24, 2.45) is 11.3 Å². The van der Waals surface area contributed by atoms with Gasteiger partial charge in [-0.25, -0.2) is 4.79 Å². The van der Waals surface area contributed by atoms with Crippen LogP contribution in [0.3, 0.4) is 0 Å². The second kappa shape index (κ2) is 7.02. The second-order valence-electron chi connectivity index (χ2n) is 7.97. The number of aromatic carboxylic acids is 1. The highest BCUT2D eigenvalue weighted by Gasteiger charge is 2.36. The third-order valence-corrected chi connectivity index (χ3v) is 5.13. The van der Waals surface area contributed by atoms with Gasteiger partial charge in [0.25, 0.3) is 0 Å². The number of carboxylic acid groups (broad SMARTS) is 1. The minimum atomic E-state index is -0.908. The average Bonchev–Trinajstić information content (AvgIpc) is 2.47. The molecule has 0 amide bonds. The van der Waals surface area contributed by atoms with E-state index in [-0.39, 0.29) is 0 Å². The van der Waals surface area contributed by atoms with E-state index in [1.807, 2.05) is 12.1 Å². The Kier molecular flexibility index (Phi) is 5.48. The van der Waals surface area contributed by atoms with Crippen LogP contribution in [0, 0.1) is 11.3 Å². The van der Waals surface area contributed by atoms with Crippen LogP contribution in [-0.2, 0) is 6.54 Å². The highest BCUT2D eigenvalue weighted by molar-refractivity contribution is 5.87. The molecular weight excluding hydrogens is 290 g/mol. The molecule has 0 aliphatic heterocycles.